The molecule has 0 aliphatic carbocycles. The molecule has 0 saturated carbocycles. The first-order valence-electron chi connectivity index (χ1n) is 4.96. The van der Waals surface area contributed by atoms with Gasteiger partial charge in [-0.2, -0.15) is 0 Å². The Labute approximate surface area is 90.0 Å². The Morgan fingerprint density at radius 2 is 2.00 bits per heavy atom. The Morgan fingerprint density at radius 3 is 2.60 bits per heavy atom. The van der Waals surface area contributed by atoms with Crippen LogP contribution in [0.25, 0.3) is 0 Å². The van der Waals surface area contributed by atoms with Crippen molar-refractivity contribution in [1.82, 2.24) is 0 Å². The van der Waals surface area contributed by atoms with Crippen molar-refractivity contribution in [2.75, 3.05) is 13.7 Å². The minimum atomic E-state index is -0.256. The lowest BCUT2D eigenvalue weighted by Crippen LogP contribution is -2.13. The van der Waals surface area contributed by atoms with Crippen LogP contribution in [0.5, 0.6) is 0 Å². The minimum Gasteiger partial charge on any atom is -0.356 e. The largest absolute Gasteiger partial charge is 0.356 e. The van der Waals surface area contributed by atoms with Crippen molar-refractivity contribution >= 4 is 5.78 Å². The summed E-state index contributed by atoms with van der Waals surface area (Å²) < 4.78 is 10.1. The number of ketones is 1. The van der Waals surface area contributed by atoms with Gasteiger partial charge in [0.05, 0.1) is 6.61 Å². The van der Waals surface area contributed by atoms with Crippen molar-refractivity contribution in [3.05, 3.63) is 35.9 Å². The minimum absolute atomic E-state index is 0.0962. The number of hydrogen-bond acceptors (Lipinski definition) is 3. The van der Waals surface area contributed by atoms with Crippen molar-refractivity contribution in [3.63, 3.8) is 0 Å². The highest BCUT2D eigenvalue weighted by Crippen LogP contribution is 2.03. The first kappa shape index (κ1) is 11.9. The van der Waals surface area contributed by atoms with Gasteiger partial charge in [-0.05, 0) is 6.92 Å². The summed E-state index contributed by atoms with van der Waals surface area (Å²) in [7, 11) is 1.57. The zero-order chi connectivity index (χ0) is 11.1. The second-order valence-corrected chi connectivity index (χ2v) is 3.21. The van der Waals surface area contributed by atoms with Gasteiger partial charge >= 0.3 is 0 Å². The van der Waals surface area contributed by atoms with Crippen LogP contribution >= 0.6 is 0 Å². The van der Waals surface area contributed by atoms with E-state index in [4.69, 9.17) is 9.47 Å². The standard InChI is InChI=1S/C12H16O3/c1-10(14-2)15-9-8-12(13)11-6-4-3-5-7-11/h3-7,10H,8-9H2,1-2H3. The van der Waals surface area contributed by atoms with Crippen LogP contribution in [0.3, 0.4) is 0 Å². The van der Waals surface area contributed by atoms with E-state index in [1.54, 1.807) is 14.0 Å². The lowest BCUT2D eigenvalue weighted by atomic mass is 10.1. The fourth-order valence-corrected chi connectivity index (χ4v) is 1.15. The van der Waals surface area contributed by atoms with Gasteiger partial charge in [-0.15, -0.1) is 0 Å². The molecule has 0 heterocycles. The molecule has 0 aliphatic heterocycles. The van der Waals surface area contributed by atoms with E-state index in [1.807, 2.05) is 30.3 Å². The SMILES string of the molecule is COC(C)OCCC(=O)c1ccccc1. The monoisotopic (exact) mass is 208 g/mol. The molecule has 1 unspecified atom stereocenters. The molecule has 15 heavy (non-hydrogen) atoms. The maximum atomic E-state index is 11.6. The Balaban J connectivity index is 2.31. The molecule has 0 aliphatic rings. The molecule has 1 aromatic rings. The predicted molar refractivity (Wildman–Crippen MR) is 57.8 cm³/mol. The van der Waals surface area contributed by atoms with Crippen LogP contribution in [0.15, 0.2) is 30.3 Å². The molecule has 1 rings (SSSR count). The van der Waals surface area contributed by atoms with Gasteiger partial charge in [0.2, 0.25) is 0 Å². The van der Waals surface area contributed by atoms with E-state index in [1.165, 1.54) is 0 Å². The number of Topliss-reactive ketones (excluding diaryl/α,β-unsaturated/α-hetero) is 1. The third kappa shape index (κ3) is 4.23. The maximum absolute atomic E-state index is 11.6. The van der Waals surface area contributed by atoms with Crippen molar-refractivity contribution < 1.29 is 14.3 Å². The molecule has 0 N–H and O–H groups in total. The summed E-state index contributed by atoms with van der Waals surface area (Å²) >= 11 is 0. The zero-order valence-corrected chi connectivity index (χ0v) is 9.10. The number of methoxy groups -OCH3 is 1. The van der Waals surface area contributed by atoms with Crippen LogP contribution in [0.4, 0.5) is 0 Å². The third-order valence-electron chi connectivity index (χ3n) is 2.11. The highest BCUT2D eigenvalue weighted by atomic mass is 16.7. The maximum Gasteiger partial charge on any atom is 0.165 e. The summed E-state index contributed by atoms with van der Waals surface area (Å²) in [6, 6.07) is 9.21. The average molecular weight is 208 g/mol. The molecule has 0 saturated heterocycles. The molecule has 82 valence electrons. The second kappa shape index (κ2) is 6.32. The Bertz CT molecular complexity index is 295. The van der Waals surface area contributed by atoms with Crippen molar-refractivity contribution in [2.45, 2.75) is 19.6 Å². The topological polar surface area (TPSA) is 35.5 Å². The quantitative estimate of drug-likeness (QED) is 0.531. The smallest absolute Gasteiger partial charge is 0.165 e. The molecular formula is C12H16O3. The fraction of sp³-hybridized carbons (Fsp3) is 0.417. The van der Waals surface area contributed by atoms with E-state index >= 15 is 0 Å². The van der Waals surface area contributed by atoms with Gasteiger partial charge < -0.3 is 9.47 Å². The van der Waals surface area contributed by atoms with E-state index in [2.05, 4.69) is 0 Å². The Hall–Kier alpha value is -1.19. The summed E-state index contributed by atoms with van der Waals surface area (Å²) in [4.78, 5) is 11.6. The third-order valence-corrected chi connectivity index (χ3v) is 2.11. The van der Waals surface area contributed by atoms with Gasteiger partial charge in [0.25, 0.3) is 0 Å². The van der Waals surface area contributed by atoms with E-state index < -0.39 is 0 Å². The number of carbonyl (C=O) groups is 1. The normalized spacial score (nSPS) is 12.4. The highest BCUT2D eigenvalue weighted by Gasteiger charge is 2.06. The van der Waals surface area contributed by atoms with Crippen LogP contribution in [0.1, 0.15) is 23.7 Å². The van der Waals surface area contributed by atoms with E-state index in [-0.39, 0.29) is 12.1 Å². The summed E-state index contributed by atoms with van der Waals surface area (Å²) in [5.74, 6) is 0.0962. The Kier molecular flexibility index (Phi) is 5.01. The second-order valence-electron chi connectivity index (χ2n) is 3.21. The van der Waals surface area contributed by atoms with E-state index in [0.717, 1.165) is 5.56 Å². The fourth-order valence-electron chi connectivity index (χ4n) is 1.15. The lowest BCUT2D eigenvalue weighted by molar-refractivity contribution is -0.109. The van der Waals surface area contributed by atoms with Crippen molar-refractivity contribution in [3.8, 4) is 0 Å². The van der Waals surface area contributed by atoms with Crippen LogP contribution in [0, 0.1) is 0 Å². The van der Waals surface area contributed by atoms with Crippen molar-refractivity contribution in [2.24, 2.45) is 0 Å². The van der Waals surface area contributed by atoms with Crippen molar-refractivity contribution in [1.29, 1.82) is 0 Å². The van der Waals surface area contributed by atoms with Gasteiger partial charge in [0.1, 0.15) is 0 Å². The lowest BCUT2D eigenvalue weighted by Gasteiger charge is -2.09. The molecule has 1 aromatic carbocycles. The van der Waals surface area contributed by atoms with Crippen LogP contribution in [-0.2, 0) is 9.47 Å². The van der Waals surface area contributed by atoms with E-state index in [0.29, 0.717) is 13.0 Å². The van der Waals surface area contributed by atoms with Gasteiger partial charge in [0.15, 0.2) is 12.1 Å². The zero-order valence-electron chi connectivity index (χ0n) is 9.10. The summed E-state index contributed by atoms with van der Waals surface area (Å²) in [6.07, 6.45) is 0.131. The number of rotatable bonds is 6. The molecule has 0 radical (unpaired) electrons. The first-order chi connectivity index (χ1) is 7.24. The van der Waals surface area contributed by atoms with Crippen LogP contribution in [0.2, 0.25) is 0 Å². The number of carbonyl (C=O) groups excluding carboxylic acids is 1. The first-order valence-corrected chi connectivity index (χ1v) is 4.96. The molecule has 3 nitrogen and oxygen atoms in total. The number of hydrogen-bond donors (Lipinski definition) is 0. The van der Waals surface area contributed by atoms with Gasteiger partial charge in [-0.3, -0.25) is 4.79 Å². The van der Waals surface area contributed by atoms with Gasteiger partial charge in [0, 0.05) is 19.1 Å². The van der Waals surface area contributed by atoms with Gasteiger partial charge in [-0.1, -0.05) is 30.3 Å². The summed E-state index contributed by atoms with van der Waals surface area (Å²) in [5, 5.41) is 0. The molecule has 0 spiro atoms. The van der Waals surface area contributed by atoms with E-state index in [9.17, 15) is 4.79 Å². The summed E-state index contributed by atoms with van der Waals surface area (Å²) in [6.45, 7) is 2.19. The molecule has 0 amide bonds. The predicted octanol–water partition coefficient (Wildman–Crippen LogP) is 2.27. The molecule has 3 heteroatoms. The van der Waals surface area contributed by atoms with Gasteiger partial charge in [-0.25, -0.2) is 0 Å². The Morgan fingerprint density at radius 1 is 1.33 bits per heavy atom. The van der Waals surface area contributed by atoms with Crippen LogP contribution in [-0.4, -0.2) is 25.8 Å². The number of benzene rings is 1. The molecule has 1 atom stereocenters. The molecule has 0 fully saturated rings. The molecule has 0 aromatic heterocycles. The molecular weight excluding hydrogens is 192 g/mol. The average Bonchev–Trinajstić information content (AvgIpc) is 2.29. The van der Waals surface area contributed by atoms with Crippen LogP contribution < -0.4 is 0 Å². The number of ether oxygens (including phenoxy) is 2. The highest BCUT2D eigenvalue weighted by molar-refractivity contribution is 5.96. The molecule has 0 bridgehead atoms. The summed E-state index contributed by atoms with van der Waals surface area (Å²) in [5.41, 5.74) is 0.728.